The van der Waals surface area contributed by atoms with E-state index in [0.29, 0.717) is 5.41 Å². The summed E-state index contributed by atoms with van der Waals surface area (Å²) in [7, 11) is 0. The van der Waals surface area contributed by atoms with E-state index in [4.69, 9.17) is 0 Å². The highest BCUT2D eigenvalue weighted by Gasteiger charge is 2.39. The van der Waals surface area contributed by atoms with E-state index in [2.05, 4.69) is 52.4 Å². The number of nitrogens with one attached hydrogen (secondary N) is 1. The predicted molar refractivity (Wildman–Crippen MR) is 75.1 cm³/mol. The highest BCUT2D eigenvalue weighted by molar-refractivity contribution is 9.10. The molecular formula is C13H19BrClN. The molecule has 1 nitrogen and oxygen atoms in total. The molecule has 1 aliphatic rings. The van der Waals surface area contributed by atoms with E-state index >= 15 is 0 Å². The molecule has 0 bridgehead atoms. The molecular weight excluding hydrogens is 286 g/mol. The van der Waals surface area contributed by atoms with Crippen LogP contribution in [0.5, 0.6) is 0 Å². The molecule has 90 valence electrons. The van der Waals surface area contributed by atoms with Gasteiger partial charge in [0.1, 0.15) is 0 Å². The molecule has 2 rings (SSSR count). The lowest BCUT2D eigenvalue weighted by atomic mass is 10.0. The highest BCUT2D eigenvalue weighted by Crippen LogP contribution is 2.47. The van der Waals surface area contributed by atoms with Crippen LogP contribution < -0.4 is 5.32 Å². The van der Waals surface area contributed by atoms with Gasteiger partial charge in [-0.2, -0.15) is 0 Å². The second-order valence-electron chi connectivity index (χ2n) is 4.58. The average Bonchev–Trinajstić information content (AvgIpc) is 3.02. The van der Waals surface area contributed by atoms with E-state index in [1.54, 1.807) is 0 Å². The monoisotopic (exact) mass is 303 g/mol. The fourth-order valence-electron chi connectivity index (χ4n) is 1.91. The molecule has 0 unspecified atom stereocenters. The minimum absolute atomic E-state index is 0. The summed E-state index contributed by atoms with van der Waals surface area (Å²) in [6, 6.07) is 8.54. The lowest BCUT2D eigenvalue weighted by Gasteiger charge is -2.13. The standard InChI is InChI=1S/C13H18BrN.ClH/c1-2-13(7-8-13)10-15-9-11-3-5-12(14)6-4-11;/h3-6,15H,2,7-10H2,1H3;1H. The van der Waals surface area contributed by atoms with Crippen LogP contribution in [0.2, 0.25) is 0 Å². The molecule has 1 aromatic rings. The third-order valence-corrected chi connectivity index (χ3v) is 3.98. The van der Waals surface area contributed by atoms with Gasteiger partial charge in [-0.3, -0.25) is 0 Å². The van der Waals surface area contributed by atoms with Crippen molar-refractivity contribution >= 4 is 28.3 Å². The van der Waals surface area contributed by atoms with Gasteiger partial charge >= 0.3 is 0 Å². The topological polar surface area (TPSA) is 12.0 Å². The van der Waals surface area contributed by atoms with Crippen LogP contribution in [0, 0.1) is 5.41 Å². The molecule has 0 spiro atoms. The molecule has 3 heteroatoms. The van der Waals surface area contributed by atoms with E-state index < -0.39 is 0 Å². The van der Waals surface area contributed by atoms with E-state index in [0.717, 1.165) is 11.0 Å². The van der Waals surface area contributed by atoms with E-state index in [1.165, 1.54) is 31.4 Å². The molecule has 0 aliphatic heterocycles. The second kappa shape index (κ2) is 6.04. The molecule has 0 amide bonds. The van der Waals surface area contributed by atoms with Gasteiger partial charge in [-0.05, 0) is 42.4 Å². The van der Waals surface area contributed by atoms with Crippen LogP contribution in [0.3, 0.4) is 0 Å². The van der Waals surface area contributed by atoms with Gasteiger partial charge in [0.25, 0.3) is 0 Å². The summed E-state index contributed by atoms with van der Waals surface area (Å²) < 4.78 is 1.15. The van der Waals surface area contributed by atoms with Crippen LogP contribution >= 0.6 is 28.3 Å². The van der Waals surface area contributed by atoms with Crippen molar-refractivity contribution in [2.75, 3.05) is 6.54 Å². The summed E-state index contributed by atoms with van der Waals surface area (Å²) in [5.41, 5.74) is 2.01. The molecule has 1 aromatic carbocycles. The van der Waals surface area contributed by atoms with Gasteiger partial charge in [-0.25, -0.2) is 0 Å². The third kappa shape index (κ3) is 3.76. The van der Waals surface area contributed by atoms with Crippen LogP contribution in [0.4, 0.5) is 0 Å². The zero-order valence-corrected chi connectivity index (χ0v) is 12.0. The van der Waals surface area contributed by atoms with E-state index in [-0.39, 0.29) is 12.4 Å². The molecule has 1 aliphatic carbocycles. The van der Waals surface area contributed by atoms with Gasteiger partial charge in [-0.15, -0.1) is 12.4 Å². The van der Waals surface area contributed by atoms with Crippen molar-refractivity contribution in [1.82, 2.24) is 5.32 Å². The minimum atomic E-state index is 0. The normalized spacial score (nSPS) is 16.6. The zero-order chi connectivity index (χ0) is 10.7. The Morgan fingerprint density at radius 1 is 1.25 bits per heavy atom. The zero-order valence-electron chi connectivity index (χ0n) is 9.63. The number of hydrogen-bond donors (Lipinski definition) is 1. The largest absolute Gasteiger partial charge is 0.312 e. The molecule has 1 N–H and O–H groups in total. The van der Waals surface area contributed by atoms with Crippen molar-refractivity contribution in [2.24, 2.45) is 5.41 Å². The van der Waals surface area contributed by atoms with Gasteiger partial charge < -0.3 is 5.32 Å². The maximum Gasteiger partial charge on any atom is 0.0205 e. The molecule has 16 heavy (non-hydrogen) atoms. The van der Waals surface area contributed by atoms with Gasteiger partial charge in [0.2, 0.25) is 0 Å². The quantitative estimate of drug-likeness (QED) is 0.861. The van der Waals surface area contributed by atoms with E-state index in [1.807, 2.05) is 0 Å². The van der Waals surface area contributed by atoms with Crippen molar-refractivity contribution in [2.45, 2.75) is 32.7 Å². The first kappa shape index (κ1) is 14.0. The molecule has 0 heterocycles. The Kier molecular flexibility index (Phi) is 5.29. The maximum atomic E-state index is 3.56. The summed E-state index contributed by atoms with van der Waals surface area (Å²) >= 11 is 3.45. The van der Waals surface area contributed by atoms with Crippen molar-refractivity contribution < 1.29 is 0 Å². The van der Waals surface area contributed by atoms with Crippen LogP contribution in [0.1, 0.15) is 31.7 Å². The third-order valence-electron chi connectivity index (χ3n) is 3.45. The first-order valence-electron chi connectivity index (χ1n) is 5.69. The average molecular weight is 305 g/mol. The number of rotatable bonds is 5. The van der Waals surface area contributed by atoms with Crippen LogP contribution in [0.15, 0.2) is 28.7 Å². The Morgan fingerprint density at radius 2 is 1.88 bits per heavy atom. The Morgan fingerprint density at radius 3 is 2.38 bits per heavy atom. The van der Waals surface area contributed by atoms with Crippen LogP contribution in [-0.2, 0) is 6.54 Å². The summed E-state index contributed by atoms with van der Waals surface area (Å²) in [6.45, 7) is 4.48. The Balaban J connectivity index is 0.00000128. The fraction of sp³-hybridized carbons (Fsp3) is 0.538. The number of hydrogen-bond acceptors (Lipinski definition) is 1. The lowest BCUT2D eigenvalue weighted by Crippen LogP contribution is -2.23. The van der Waals surface area contributed by atoms with Gasteiger partial charge in [-0.1, -0.05) is 35.0 Å². The first-order valence-corrected chi connectivity index (χ1v) is 6.49. The highest BCUT2D eigenvalue weighted by atomic mass is 79.9. The minimum Gasteiger partial charge on any atom is -0.312 e. The van der Waals surface area contributed by atoms with Crippen molar-refractivity contribution in [3.05, 3.63) is 34.3 Å². The predicted octanol–water partition coefficient (Wildman–Crippen LogP) is 4.15. The molecule has 0 aromatic heterocycles. The Bertz CT molecular complexity index is 319. The number of halogens is 2. The summed E-state index contributed by atoms with van der Waals surface area (Å²) in [4.78, 5) is 0. The van der Waals surface area contributed by atoms with Crippen LogP contribution in [-0.4, -0.2) is 6.54 Å². The van der Waals surface area contributed by atoms with Gasteiger partial charge in [0.15, 0.2) is 0 Å². The fourth-order valence-corrected chi connectivity index (χ4v) is 2.17. The van der Waals surface area contributed by atoms with Crippen molar-refractivity contribution in [1.29, 1.82) is 0 Å². The molecule has 0 saturated heterocycles. The van der Waals surface area contributed by atoms with Crippen molar-refractivity contribution in [3.8, 4) is 0 Å². The molecule has 0 atom stereocenters. The van der Waals surface area contributed by atoms with Crippen molar-refractivity contribution in [3.63, 3.8) is 0 Å². The molecule has 0 radical (unpaired) electrons. The van der Waals surface area contributed by atoms with Gasteiger partial charge in [0, 0.05) is 17.6 Å². The van der Waals surface area contributed by atoms with Gasteiger partial charge in [0.05, 0.1) is 0 Å². The lowest BCUT2D eigenvalue weighted by molar-refractivity contribution is 0.443. The summed E-state index contributed by atoms with van der Waals surface area (Å²) in [5.74, 6) is 0. The van der Waals surface area contributed by atoms with E-state index in [9.17, 15) is 0 Å². The Labute approximate surface area is 113 Å². The first-order chi connectivity index (χ1) is 7.24. The SMILES string of the molecule is CCC1(CNCc2ccc(Br)cc2)CC1.Cl. The summed E-state index contributed by atoms with van der Waals surface area (Å²) in [5, 5.41) is 3.56. The molecule has 1 fully saturated rings. The summed E-state index contributed by atoms with van der Waals surface area (Å²) in [6.07, 6.45) is 4.15. The second-order valence-corrected chi connectivity index (χ2v) is 5.50. The van der Waals surface area contributed by atoms with Crippen LogP contribution in [0.25, 0.3) is 0 Å². The Hall–Kier alpha value is -0.0500. The number of benzene rings is 1. The molecule has 1 saturated carbocycles. The maximum absolute atomic E-state index is 3.56. The smallest absolute Gasteiger partial charge is 0.0205 e.